The number of rotatable bonds is 5. The number of ether oxygens (including phenoxy) is 2. The van der Waals surface area contributed by atoms with E-state index in [1.807, 2.05) is 36.4 Å². The smallest absolute Gasteiger partial charge is 0.347 e. The van der Waals surface area contributed by atoms with Crippen LogP contribution in [-0.2, 0) is 16.1 Å². The maximum atomic E-state index is 11.9. The number of esters is 1. The minimum atomic E-state index is -0.775. The van der Waals surface area contributed by atoms with Gasteiger partial charge in [-0.25, -0.2) is 4.79 Å². The van der Waals surface area contributed by atoms with Crippen LogP contribution < -0.4 is 4.74 Å². The second kappa shape index (κ2) is 7.11. The van der Waals surface area contributed by atoms with Gasteiger partial charge in [-0.15, -0.1) is 0 Å². The molecule has 4 heteroatoms. The summed E-state index contributed by atoms with van der Waals surface area (Å²) in [7, 11) is 0. The highest BCUT2D eigenvalue weighted by atomic mass is 16.6. The molecule has 2 aromatic rings. The number of para-hydroxylation sites is 1. The predicted octanol–water partition coefficient (Wildman–Crippen LogP) is 3.07. The molecule has 0 aliphatic carbocycles. The molecule has 0 spiro atoms. The van der Waals surface area contributed by atoms with Crippen molar-refractivity contribution < 1.29 is 14.3 Å². The number of benzene rings is 2. The Balaban J connectivity index is 1.92. The van der Waals surface area contributed by atoms with Crippen LogP contribution in [-0.4, -0.2) is 12.1 Å². The third-order valence-electron chi connectivity index (χ3n) is 2.87. The van der Waals surface area contributed by atoms with E-state index in [2.05, 4.69) is 0 Å². The molecule has 2 rings (SSSR count). The predicted molar refractivity (Wildman–Crippen MR) is 77.5 cm³/mol. The summed E-state index contributed by atoms with van der Waals surface area (Å²) in [5.74, 6) is -0.0873. The molecule has 0 amide bonds. The summed E-state index contributed by atoms with van der Waals surface area (Å²) in [6.07, 6.45) is -0.775. The lowest BCUT2D eigenvalue weighted by molar-refractivity contribution is -0.152. The van der Waals surface area contributed by atoms with Gasteiger partial charge in [0.15, 0.2) is 6.10 Å². The molecule has 0 bridgehead atoms. The van der Waals surface area contributed by atoms with E-state index in [0.717, 1.165) is 5.56 Å². The van der Waals surface area contributed by atoms with E-state index in [1.54, 1.807) is 31.2 Å². The van der Waals surface area contributed by atoms with Crippen molar-refractivity contribution >= 4 is 5.97 Å². The Kier molecular flexibility index (Phi) is 4.94. The van der Waals surface area contributed by atoms with Crippen LogP contribution >= 0.6 is 0 Å². The molecule has 0 aliphatic heterocycles. The first-order chi connectivity index (χ1) is 10.2. The SMILES string of the molecule is CC(Oc1ccccc1C#N)C(=O)OCc1ccccc1. The van der Waals surface area contributed by atoms with Gasteiger partial charge in [-0.1, -0.05) is 42.5 Å². The van der Waals surface area contributed by atoms with Gasteiger partial charge in [0.05, 0.1) is 5.56 Å². The quantitative estimate of drug-likeness (QED) is 0.790. The standard InChI is InChI=1S/C17H15NO3/c1-13(21-16-10-6-5-9-15(16)11-18)17(19)20-12-14-7-3-2-4-8-14/h2-10,13H,12H2,1H3. The molecule has 106 valence electrons. The first kappa shape index (κ1) is 14.6. The van der Waals surface area contributed by atoms with Crippen molar-refractivity contribution in [3.8, 4) is 11.8 Å². The number of carbonyl (C=O) groups excluding carboxylic acids is 1. The molecule has 0 saturated heterocycles. The summed E-state index contributed by atoms with van der Waals surface area (Å²) in [6, 6.07) is 18.2. The van der Waals surface area contributed by atoms with E-state index >= 15 is 0 Å². The van der Waals surface area contributed by atoms with E-state index in [-0.39, 0.29) is 6.61 Å². The molecule has 0 radical (unpaired) electrons. The molecule has 0 aliphatic rings. The second-order valence-electron chi connectivity index (χ2n) is 4.46. The van der Waals surface area contributed by atoms with Crippen molar-refractivity contribution in [1.82, 2.24) is 0 Å². The highest BCUT2D eigenvalue weighted by Crippen LogP contribution is 2.18. The van der Waals surface area contributed by atoms with Crippen LogP contribution in [0.25, 0.3) is 0 Å². The zero-order chi connectivity index (χ0) is 15.1. The number of carbonyl (C=O) groups is 1. The van der Waals surface area contributed by atoms with Crippen molar-refractivity contribution in [3.05, 3.63) is 65.7 Å². The van der Waals surface area contributed by atoms with Gasteiger partial charge >= 0.3 is 5.97 Å². The lowest BCUT2D eigenvalue weighted by atomic mass is 10.2. The highest BCUT2D eigenvalue weighted by molar-refractivity contribution is 5.74. The molecule has 4 nitrogen and oxygen atoms in total. The summed E-state index contributed by atoms with van der Waals surface area (Å²) >= 11 is 0. The third kappa shape index (κ3) is 4.08. The van der Waals surface area contributed by atoms with Crippen LogP contribution in [0.5, 0.6) is 5.75 Å². The Morgan fingerprint density at radius 1 is 1.14 bits per heavy atom. The topological polar surface area (TPSA) is 59.3 Å². The average molecular weight is 281 g/mol. The van der Waals surface area contributed by atoms with Gasteiger partial charge in [-0.05, 0) is 24.6 Å². The minimum Gasteiger partial charge on any atom is -0.478 e. The highest BCUT2D eigenvalue weighted by Gasteiger charge is 2.17. The van der Waals surface area contributed by atoms with Gasteiger partial charge in [0.1, 0.15) is 18.4 Å². The number of nitriles is 1. The molecule has 0 N–H and O–H groups in total. The van der Waals surface area contributed by atoms with Crippen LogP contribution in [0.1, 0.15) is 18.1 Å². The molecule has 0 fully saturated rings. The van der Waals surface area contributed by atoms with Gasteiger partial charge in [0, 0.05) is 0 Å². The van der Waals surface area contributed by atoms with Gasteiger partial charge in [0.2, 0.25) is 0 Å². The van der Waals surface area contributed by atoms with Gasteiger partial charge < -0.3 is 9.47 Å². The van der Waals surface area contributed by atoms with Crippen LogP contribution in [0, 0.1) is 11.3 Å². The summed E-state index contributed by atoms with van der Waals surface area (Å²) < 4.78 is 10.7. The minimum absolute atomic E-state index is 0.202. The van der Waals surface area contributed by atoms with Crippen molar-refractivity contribution in [3.63, 3.8) is 0 Å². The molecule has 21 heavy (non-hydrogen) atoms. The Morgan fingerprint density at radius 2 is 1.81 bits per heavy atom. The van der Waals surface area contributed by atoms with E-state index in [9.17, 15) is 4.79 Å². The second-order valence-corrected chi connectivity index (χ2v) is 4.46. The molecule has 0 saturated carbocycles. The molecular formula is C17H15NO3. The van der Waals surface area contributed by atoms with Gasteiger partial charge in [-0.2, -0.15) is 5.26 Å². The largest absolute Gasteiger partial charge is 0.478 e. The Bertz CT molecular complexity index is 647. The van der Waals surface area contributed by atoms with Crippen molar-refractivity contribution in [2.75, 3.05) is 0 Å². The van der Waals surface area contributed by atoms with Crippen molar-refractivity contribution in [2.24, 2.45) is 0 Å². The van der Waals surface area contributed by atoms with E-state index < -0.39 is 12.1 Å². The normalized spacial score (nSPS) is 11.2. The molecule has 0 aromatic heterocycles. The monoisotopic (exact) mass is 281 g/mol. The fourth-order valence-corrected chi connectivity index (χ4v) is 1.75. The Morgan fingerprint density at radius 3 is 2.52 bits per heavy atom. The zero-order valence-electron chi connectivity index (χ0n) is 11.7. The van der Waals surface area contributed by atoms with Crippen LogP contribution in [0.2, 0.25) is 0 Å². The Hall–Kier alpha value is -2.80. The maximum Gasteiger partial charge on any atom is 0.347 e. The summed E-state index contributed by atoms with van der Waals surface area (Å²) in [5, 5.41) is 8.98. The van der Waals surface area contributed by atoms with Crippen LogP contribution in [0.4, 0.5) is 0 Å². The number of nitrogens with zero attached hydrogens (tertiary/aromatic N) is 1. The lowest BCUT2D eigenvalue weighted by Crippen LogP contribution is -2.26. The van der Waals surface area contributed by atoms with Crippen LogP contribution in [0.15, 0.2) is 54.6 Å². The Labute approximate surface area is 123 Å². The third-order valence-corrected chi connectivity index (χ3v) is 2.87. The van der Waals surface area contributed by atoms with Crippen molar-refractivity contribution in [2.45, 2.75) is 19.6 Å². The first-order valence-electron chi connectivity index (χ1n) is 6.57. The maximum absolute atomic E-state index is 11.9. The van der Waals surface area contributed by atoms with Crippen molar-refractivity contribution in [1.29, 1.82) is 5.26 Å². The molecule has 0 heterocycles. The molecular weight excluding hydrogens is 266 g/mol. The van der Waals surface area contributed by atoms with E-state index in [1.165, 1.54) is 0 Å². The first-order valence-corrected chi connectivity index (χ1v) is 6.57. The van der Waals surface area contributed by atoms with E-state index in [4.69, 9.17) is 14.7 Å². The molecule has 1 unspecified atom stereocenters. The number of hydrogen-bond donors (Lipinski definition) is 0. The summed E-state index contributed by atoms with van der Waals surface area (Å²) in [5.41, 5.74) is 1.30. The summed E-state index contributed by atoms with van der Waals surface area (Å²) in [4.78, 5) is 11.9. The van der Waals surface area contributed by atoms with Gasteiger partial charge in [-0.3, -0.25) is 0 Å². The average Bonchev–Trinajstić information content (AvgIpc) is 2.54. The fourth-order valence-electron chi connectivity index (χ4n) is 1.75. The zero-order valence-corrected chi connectivity index (χ0v) is 11.7. The van der Waals surface area contributed by atoms with Gasteiger partial charge in [0.25, 0.3) is 0 Å². The number of hydrogen-bond acceptors (Lipinski definition) is 4. The van der Waals surface area contributed by atoms with E-state index in [0.29, 0.717) is 11.3 Å². The van der Waals surface area contributed by atoms with Crippen LogP contribution in [0.3, 0.4) is 0 Å². The molecule has 2 aromatic carbocycles. The lowest BCUT2D eigenvalue weighted by Gasteiger charge is -2.14. The molecule has 1 atom stereocenters. The summed E-state index contributed by atoms with van der Waals surface area (Å²) in [6.45, 7) is 1.80. The fraction of sp³-hybridized carbons (Fsp3) is 0.176.